The molecule has 1 fully saturated rings. The lowest BCUT2D eigenvalue weighted by molar-refractivity contribution is -0.137. The van der Waals surface area contributed by atoms with Crippen LogP contribution in [0.2, 0.25) is 0 Å². The van der Waals surface area contributed by atoms with Gasteiger partial charge in [0.15, 0.2) is 11.5 Å². The number of hydrogen-bond acceptors (Lipinski definition) is 6. The number of pyridine rings is 1. The van der Waals surface area contributed by atoms with Gasteiger partial charge in [-0.1, -0.05) is 5.16 Å². The fourth-order valence-electron chi connectivity index (χ4n) is 2.54. The zero-order valence-corrected chi connectivity index (χ0v) is 13.6. The van der Waals surface area contributed by atoms with Gasteiger partial charge in [-0.05, 0) is 18.2 Å². The van der Waals surface area contributed by atoms with Crippen molar-refractivity contribution in [3.63, 3.8) is 0 Å². The van der Waals surface area contributed by atoms with Gasteiger partial charge in [0.25, 0.3) is 5.91 Å². The first-order valence-electron chi connectivity index (χ1n) is 7.90. The van der Waals surface area contributed by atoms with Gasteiger partial charge in [-0.15, -0.1) is 0 Å². The number of nitrogens with zero attached hydrogens (tertiary/aromatic N) is 3. The quantitative estimate of drug-likeness (QED) is 0.692. The van der Waals surface area contributed by atoms with Gasteiger partial charge >= 0.3 is 6.18 Å². The zero-order chi connectivity index (χ0) is 19.0. The Hall–Kier alpha value is -3.30. The third kappa shape index (κ3) is 3.50. The highest BCUT2D eigenvalue weighted by molar-refractivity contribution is 5.93. The molecule has 1 saturated heterocycles. The van der Waals surface area contributed by atoms with Crippen LogP contribution in [0.1, 0.15) is 16.1 Å². The summed E-state index contributed by atoms with van der Waals surface area (Å²) in [7, 11) is 0. The van der Waals surface area contributed by atoms with Gasteiger partial charge in [0, 0.05) is 18.3 Å². The summed E-state index contributed by atoms with van der Waals surface area (Å²) in [4.78, 5) is 17.5. The maximum atomic E-state index is 12.5. The highest BCUT2D eigenvalue weighted by Crippen LogP contribution is 2.29. The molecule has 4 heterocycles. The first-order valence-corrected chi connectivity index (χ1v) is 7.90. The number of carbonyl (C=O) groups excluding carboxylic acids is 1. The standard InChI is InChI=1S/C17H12F3N3O4/c18-17(19,20)10-3-4-15(21-7-10)26-11-8-23(9-11)16(24)12-6-14(27-22-12)13-2-1-5-25-13/h1-7,11H,8-9H2. The maximum Gasteiger partial charge on any atom is 0.417 e. The van der Waals surface area contributed by atoms with Crippen LogP contribution in [0.15, 0.2) is 51.7 Å². The average molecular weight is 379 g/mol. The van der Waals surface area contributed by atoms with Crippen LogP contribution in [0.3, 0.4) is 0 Å². The van der Waals surface area contributed by atoms with Crippen LogP contribution in [0.4, 0.5) is 13.2 Å². The van der Waals surface area contributed by atoms with Crippen LogP contribution in [0.5, 0.6) is 5.88 Å². The number of likely N-dealkylation sites (tertiary alicyclic amines) is 1. The number of amides is 1. The highest BCUT2D eigenvalue weighted by atomic mass is 19.4. The summed E-state index contributed by atoms with van der Waals surface area (Å²) < 4.78 is 53.2. The smallest absolute Gasteiger partial charge is 0.417 e. The number of hydrogen-bond donors (Lipinski definition) is 0. The Kier molecular flexibility index (Phi) is 4.09. The molecule has 0 saturated carbocycles. The molecule has 1 aliphatic rings. The third-order valence-corrected chi connectivity index (χ3v) is 3.98. The fraction of sp³-hybridized carbons (Fsp3) is 0.235. The van der Waals surface area contributed by atoms with E-state index < -0.39 is 11.7 Å². The van der Waals surface area contributed by atoms with Gasteiger partial charge in [0.1, 0.15) is 6.10 Å². The van der Waals surface area contributed by atoms with Crippen LogP contribution >= 0.6 is 0 Å². The largest absolute Gasteiger partial charge is 0.471 e. The van der Waals surface area contributed by atoms with Crippen molar-refractivity contribution >= 4 is 5.91 Å². The van der Waals surface area contributed by atoms with E-state index in [0.29, 0.717) is 17.7 Å². The summed E-state index contributed by atoms with van der Waals surface area (Å²) in [5.41, 5.74) is -0.717. The van der Waals surface area contributed by atoms with E-state index in [1.165, 1.54) is 17.2 Å². The minimum atomic E-state index is -4.45. The second-order valence-corrected chi connectivity index (χ2v) is 5.89. The van der Waals surface area contributed by atoms with Gasteiger partial charge in [0.05, 0.1) is 24.9 Å². The molecule has 1 aliphatic heterocycles. The molecule has 0 aliphatic carbocycles. The molecule has 7 nitrogen and oxygen atoms in total. The van der Waals surface area contributed by atoms with E-state index in [1.807, 2.05) is 0 Å². The van der Waals surface area contributed by atoms with E-state index in [0.717, 1.165) is 12.1 Å². The number of alkyl halides is 3. The molecule has 0 bridgehead atoms. The summed E-state index contributed by atoms with van der Waals surface area (Å²) in [6, 6.07) is 6.90. The van der Waals surface area contributed by atoms with E-state index >= 15 is 0 Å². The number of aromatic nitrogens is 2. The molecule has 27 heavy (non-hydrogen) atoms. The molecular weight excluding hydrogens is 367 g/mol. The van der Waals surface area contributed by atoms with Crippen molar-refractivity contribution in [1.82, 2.24) is 15.0 Å². The van der Waals surface area contributed by atoms with Crippen molar-refractivity contribution < 1.29 is 31.6 Å². The Morgan fingerprint density at radius 1 is 1.22 bits per heavy atom. The first kappa shape index (κ1) is 17.1. The Morgan fingerprint density at radius 2 is 2.04 bits per heavy atom. The Morgan fingerprint density at radius 3 is 2.67 bits per heavy atom. The SMILES string of the molecule is O=C(c1cc(-c2ccco2)on1)N1CC(Oc2ccc(C(F)(F)F)cn2)C1. The minimum Gasteiger partial charge on any atom is -0.471 e. The summed E-state index contributed by atoms with van der Waals surface area (Å²) in [5.74, 6) is 0.531. The molecule has 140 valence electrons. The monoisotopic (exact) mass is 379 g/mol. The van der Waals surface area contributed by atoms with Crippen LogP contribution in [0.25, 0.3) is 11.5 Å². The van der Waals surface area contributed by atoms with Crippen molar-refractivity contribution in [3.05, 3.63) is 54.0 Å². The van der Waals surface area contributed by atoms with Gasteiger partial charge < -0.3 is 18.6 Å². The molecular formula is C17H12F3N3O4. The highest BCUT2D eigenvalue weighted by Gasteiger charge is 2.35. The Balaban J connectivity index is 1.32. The lowest BCUT2D eigenvalue weighted by atomic mass is 10.1. The van der Waals surface area contributed by atoms with Gasteiger partial charge in [-0.25, -0.2) is 4.98 Å². The summed E-state index contributed by atoms with van der Waals surface area (Å²) >= 11 is 0. The van der Waals surface area contributed by atoms with Gasteiger partial charge in [-0.3, -0.25) is 4.79 Å². The molecule has 10 heteroatoms. The van der Waals surface area contributed by atoms with Crippen molar-refractivity contribution in [2.24, 2.45) is 0 Å². The van der Waals surface area contributed by atoms with Crippen molar-refractivity contribution in [3.8, 4) is 17.4 Å². The van der Waals surface area contributed by atoms with Crippen molar-refractivity contribution in [2.75, 3.05) is 13.1 Å². The van der Waals surface area contributed by atoms with Crippen molar-refractivity contribution in [2.45, 2.75) is 12.3 Å². The number of halogens is 3. The molecule has 4 rings (SSSR count). The zero-order valence-electron chi connectivity index (χ0n) is 13.6. The number of furan rings is 1. The molecule has 0 aromatic carbocycles. The van der Waals surface area contributed by atoms with E-state index in [9.17, 15) is 18.0 Å². The lowest BCUT2D eigenvalue weighted by Crippen LogP contribution is -2.56. The first-order chi connectivity index (χ1) is 12.9. The lowest BCUT2D eigenvalue weighted by Gasteiger charge is -2.38. The van der Waals surface area contributed by atoms with Crippen LogP contribution in [0, 0.1) is 0 Å². The topological polar surface area (TPSA) is 81.6 Å². The molecule has 3 aromatic heterocycles. The predicted molar refractivity (Wildman–Crippen MR) is 83.8 cm³/mol. The number of ether oxygens (including phenoxy) is 1. The molecule has 3 aromatic rings. The predicted octanol–water partition coefficient (Wildman–Crippen LogP) is 3.25. The van der Waals surface area contributed by atoms with Crippen LogP contribution < -0.4 is 4.74 Å². The summed E-state index contributed by atoms with van der Waals surface area (Å²) in [5, 5.41) is 3.73. The maximum absolute atomic E-state index is 12.5. The molecule has 0 N–H and O–H groups in total. The number of rotatable bonds is 4. The van der Waals surface area contributed by atoms with E-state index in [-0.39, 0.29) is 36.7 Å². The Labute approximate surface area is 150 Å². The molecule has 0 atom stereocenters. The van der Waals surface area contributed by atoms with Crippen LogP contribution in [-0.4, -0.2) is 40.1 Å². The van der Waals surface area contributed by atoms with Crippen molar-refractivity contribution in [1.29, 1.82) is 0 Å². The minimum absolute atomic E-state index is 0.0710. The molecule has 0 radical (unpaired) electrons. The average Bonchev–Trinajstić information content (AvgIpc) is 3.27. The molecule has 1 amide bonds. The fourth-order valence-corrected chi connectivity index (χ4v) is 2.54. The normalized spacial score (nSPS) is 14.9. The second-order valence-electron chi connectivity index (χ2n) is 5.89. The van der Waals surface area contributed by atoms with E-state index in [2.05, 4.69) is 10.1 Å². The number of carbonyl (C=O) groups is 1. The summed E-state index contributed by atoms with van der Waals surface area (Å²) in [6.07, 6.45) is -2.61. The Bertz CT molecular complexity index is 929. The van der Waals surface area contributed by atoms with Gasteiger partial charge in [0.2, 0.25) is 11.6 Å². The van der Waals surface area contributed by atoms with Gasteiger partial charge in [-0.2, -0.15) is 13.2 Å². The van der Waals surface area contributed by atoms with E-state index in [1.54, 1.807) is 12.1 Å². The summed E-state index contributed by atoms with van der Waals surface area (Å²) in [6.45, 7) is 0.537. The van der Waals surface area contributed by atoms with E-state index in [4.69, 9.17) is 13.7 Å². The molecule has 0 spiro atoms. The second kappa shape index (κ2) is 6.45. The third-order valence-electron chi connectivity index (χ3n) is 3.98. The molecule has 0 unspecified atom stereocenters. The van der Waals surface area contributed by atoms with Crippen LogP contribution in [-0.2, 0) is 6.18 Å².